The molecule has 0 atom stereocenters. The van der Waals surface area contributed by atoms with Crippen LogP contribution in [0.4, 0.5) is 0 Å². The number of benzene rings is 1. The highest BCUT2D eigenvalue weighted by atomic mass is 79.9. The Labute approximate surface area is 107 Å². The second-order valence-electron chi connectivity index (χ2n) is 3.09. The highest BCUT2D eigenvalue weighted by Crippen LogP contribution is 2.31. The topological polar surface area (TPSA) is 22.1 Å². The van der Waals surface area contributed by atoms with Gasteiger partial charge < -0.3 is 4.74 Å². The van der Waals surface area contributed by atoms with Crippen molar-refractivity contribution in [3.8, 4) is 11.5 Å². The summed E-state index contributed by atoms with van der Waals surface area (Å²) >= 11 is 5.03. The second-order valence-corrected chi connectivity index (χ2v) is 4.86. The Morgan fingerprint density at radius 3 is 2.81 bits per heavy atom. The van der Waals surface area contributed by atoms with Gasteiger partial charge in [-0.05, 0) is 40.4 Å². The maximum Gasteiger partial charge on any atom is 0.146 e. The quantitative estimate of drug-likeness (QED) is 0.786. The molecular weight excluding hydrogens is 286 g/mol. The van der Waals surface area contributed by atoms with Crippen LogP contribution in [0.1, 0.15) is 0 Å². The van der Waals surface area contributed by atoms with Gasteiger partial charge in [-0.1, -0.05) is 12.1 Å². The fraction of sp³-hybridized carbons (Fsp3) is 0.0833. The van der Waals surface area contributed by atoms with Gasteiger partial charge in [0.25, 0.3) is 0 Å². The molecule has 0 aliphatic rings. The maximum atomic E-state index is 5.77. The molecular formula is C12H10BrNOS. The van der Waals surface area contributed by atoms with Gasteiger partial charge in [-0.3, -0.25) is 4.98 Å². The molecule has 82 valence electrons. The normalized spacial score (nSPS) is 10.1. The summed E-state index contributed by atoms with van der Waals surface area (Å²) in [5.41, 5.74) is 0. The summed E-state index contributed by atoms with van der Waals surface area (Å²) in [7, 11) is 0. The van der Waals surface area contributed by atoms with Crippen LogP contribution in [0.15, 0.2) is 52.1 Å². The van der Waals surface area contributed by atoms with Crippen molar-refractivity contribution in [3.63, 3.8) is 0 Å². The van der Waals surface area contributed by atoms with E-state index in [4.69, 9.17) is 4.74 Å². The summed E-state index contributed by atoms with van der Waals surface area (Å²) in [6.07, 6.45) is 5.45. The first-order valence-corrected chi connectivity index (χ1v) is 6.73. The number of hydrogen-bond acceptors (Lipinski definition) is 3. The number of nitrogens with zero attached hydrogens (tertiary/aromatic N) is 1. The number of aromatic nitrogens is 1. The fourth-order valence-corrected chi connectivity index (χ4v) is 2.15. The van der Waals surface area contributed by atoms with Gasteiger partial charge in [-0.15, -0.1) is 11.8 Å². The Hall–Kier alpha value is -1.00. The summed E-state index contributed by atoms with van der Waals surface area (Å²) in [4.78, 5) is 5.17. The fourth-order valence-electron chi connectivity index (χ4n) is 1.28. The minimum atomic E-state index is 0.732. The molecule has 4 heteroatoms. The van der Waals surface area contributed by atoms with Gasteiger partial charge in [0.15, 0.2) is 0 Å². The number of hydrogen-bond donors (Lipinski definition) is 0. The first-order chi connectivity index (χ1) is 7.79. The summed E-state index contributed by atoms with van der Waals surface area (Å²) in [5, 5.41) is 0. The predicted octanol–water partition coefficient (Wildman–Crippen LogP) is 4.36. The molecule has 1 heterocycles. The lowest BCUT2D eigenvalue weighted by Gasteiger charge is -2.08. The minimum Gasteiger partial charge on any atom is -0.455 e. The van der Waals surface area contributed by atoms with Crippen LogP contribution < -0.4 is 4.74 Å². The number of halogens is 1. The van der Waals surface area contributed by atoms with Crippen molar-refractivity contribution in [1.82, 2.24) is 4.98 Å². The zero-order chi connectivity index (χ0) is 11.4. The van der Waals surface area contributed by atoms with E-state index in [0.29, 0.717) is 0 Å². The summed E-state index contributed by atoms with van der Waals surface area (Å²) in [6, 6.07) is 9.83. The lowest BCUT2D eigenvalue weighted by Crippen LogP contribution is -1.87. The molecule has 0 spiro atoms. The zero-order valence-electron chi connectivity index (χ0n) is 8.68. The van der Waals surface area contributed by atoms with E-state index in [-0.39, 0.29) is 0 Å². The van der Waals surface area contributed by atoms with Crippen LogP contribution in [0, 0.1) is 0 Å². The number of para-hydroxylation sites is 1. The van der Waals surface area contributed by atoms with E-state index in [2.05, 4.69) is 20.9 Å². The molecule has 1 aromatic carbocycles. The molecule has 0 aliphatic carbocycles. The van der Waals surface area contributed by atoms with Crippen molar-refractivity contribution in [2.24, 2.45) is 0 Å². The smallest absolute Gasteiger partial charge is 0.146 e. The van der Waals surface area contributed by atoms with Crippen LogP contribution in [-0.2, 0) is 0 Å². The molecule has 1 aromatic heterocycles. The van der Waals surface area contributed by atoms with E-state index in [1.807, 2.05) is 36.6 Å². The van der Waals surface area contributed by atoms with Crippen LogP contribution in [0.25, 0.3) is 0 Å². The predicted molar refractivity (Wildman–Crippen MR) is 70.2 cm³/mol. The molecule has 0 N–H and O–H groups in total. The molecule has 0 bridgehead atoms. The Bertz CT molecular complexity index is 490. The van der Waals surface area contributed by atoms with Crippen molar-refractivity contribution in [2.45, 2.75) is 4.90 Å². The third-order valence-electron chi connectivity index (χ3n) is 1.98. The highest BCUT2D eigenvalue weighted by molar-refractivity contribution is 9.10. The Balaban J connectivity index is 2.26. The standard InChI is InChI=1S/C12H10BrNOS/c1-16-12-5-3-2-4-11(12)15-10-6-9(13)7-14-8-10/h2-8H,1H3. The molecule has 2 aromatic rings. The Morgan fingerprint density at radius 2 is 2.06 bits per heavy atom. The number of ether oxygens (including phenoxy) is 1. The lowest BCUT2D eigenvalue weighted by molar-refractivity contribution is 0.468. The van der Waals surface area contributed by atoms with Crippen molar-refractivity contribution in [1.29, 1.82) is 0 Å². The van der Waals surface area contributed by atoms with Crippen molar-refractivity contribution < 1.29 is 4.74 Å². The molecule has 0 saturated carbocycles. The van der Waals surface area contributed by atoms with Gasteiger partial charge in [0.2, 0.25) is 0 Å². The van der Waals surface area contributed by atoms with E-state index in [1.165, 1.54) is 0 Å². The minimum absolute atomic E-state index is 0.732. The Morgan fingerprint density at radius 1 is 1.25 bits per heavy atom. The van der Waals surface area contributed by atoms with Crippen LogP contribution in [0.3, 0.4) is 0 Å². The number of rotatable bonds is 3. The summed E-state index contributed by atoms with van der Waals surface area (Å²) in [5.74, 6) is 1.59. The third kappa shape index (κ3) is 2.77. The van der Waals surface area contributed by atoms with E-state index < -0.39 is 0 Å². The van der Waals surface area contributed by atoms with Gasteiger partial charge in [0.05, 0.1) is 6.20 Å². The maximum absolute atomic E-state index is 5.77. The van der Waals surface area contributed by atoms with E-state index >= 15 is 0 Å². The zero-order valence-corrected chi connectivity index (χ0v) is 11.1. The molecule has 0 saturated heterocycles. The van der Waals surface area contributed by atoms with E-state index in [0.717, 1.165) is 20.9 Å². The van der Waals surface area contributed by atoms with Crippen LogP contribution in [0.5, 0.6) is 11.5 Å². The van der Waals surface area contributed by atoms with E-state index in [1.54, 1.807) is 24.2 Å². The van der Waals surface area contributed by atoms with Gasteiger partial charge >= 0.3 is 0 Å². The molecule has 16 heavy (non-hydrogen) atoms. The molecule has 0 unspecified atom stereocenters. The van der Waals surface area contributed by atoms with Gasteiger partial charge in [-0.2, -0.15) is 0 Å². The van der Waals surface area contributed by atoms with Crippen molar-refractivity contribution in [3.05, 3.63) is 47.2 Å². The van der Waals surface area contributed by atoms with Crippen molar-refractivity contribution in [2.75, 3.05) is 6.26 Å². The van der Waals surface area contributed by atoms with Gasteiger partial charge in [0.1, 0.15) is 11.5 Å². The summed E-state index contributed by atoms with van der Waals surface area (Å²) in [6.45, 7) is 0. The first-order valence-electron chi connectivity index (χ1n) is 4.71. The molecule has 0 radical (unpaired) electrons. The highest BCUT2D eigenvalue weighted by Gasteiger charge is 2.03. The summed E-state index contributed by atoms with van der Waals surface area (Å²) < 4.78 is 6.68. The monoisotopic (exact) mass is 295 g/mol. The number of thioether (sulfide) groups is 1. The third-order valence-corrected chi connectivity index (χ3v) is 3.19. The Kier molecular flexibility index (Phi) is 3.85. The largest absolute Gasteiger partial charge is 0.455 e. The van der Waals surface area contributed by atoms with Crippen LogP contribution in [-0.4, -0.2) is 11.2 Å². The molecule has 2 nitrogen and oxygen atoms in total. The average molecular weight is 296 g/mol. The lowest BCUT2D eigenvalue weighted by atomic mass is 10.3. The molecule has 0 aliphatic heterocycles. The number of pyridine rings is 1. The van der Waals surface area contributed by atoms with Crippen LogP contribution in [0.2, 0.25) is 0 Å². The molecule has 0 fully saturated rings. The van der Waals surface area contributed by atoms with Gasteiger partial charge in [0, 0.05) is 15.6 Å². The van der Waals surface area contributed by atoms with Crippen LogP contribution >= 0.6 is 27.7 Å². The van der Waals surface area contributed by atoms with E-state index in [9.17, 15) is 0 Å². The SMILES string of the molecule is CSc1ccccc1Oc1cncc(Br)c1. The molecule has 2 rings (SSSR count). The van der Waals surface area contributed by atoms with Crippen molar-refractivity contribution >= 4 is 27.7 Å². The van der Waals surface area contributed by atoms with Gasteiger partial charge in [-0.25, -0.2) is 0 Å². The first kappa shape index (κ1) is 11.5. The average Bonchev–Trinajstić information content (AvgIpc) is 2.30. The second kappa shape index (κ2) is 5.37. The molecule has 0 amide bonds.